The average molecular weight is 365 g/mol. The molecule has 4 rings (SSSR count). The van der Waals surface area contributed by atoms with E-state index in [0.29, 0.717) is 12.2 Å². The van der Waals surface area contributed by atoms with Crippen LogP contribution in [-0.2, 0) is 6.42 Å². The summed E-state index contributed by atoms with van der Waals surface area (Å²) in [5, 5.41) is 8.53. The van der Waals surface area contributed by atoms with Gasteiger partial charge in [-0.3, -0.25) is 0 Å². The Labute approximate surface area is 155 Å². The highest BCUT2D eigenvalue weighted by Crippen LogP contribution is 2.37. The second kappa shape index (κ2) is 6.80. The van der Waals surface area contributed by atoms with Gasteiger partial charge in [-0.2, -0.15) is 0 Å². The zero-order chi connectivity index (χ0) is 18.1. The molecule has 0 bridgehead atoms. The van der Waals surface area contributed by atoms with Crippen molar-refractivity contribution < 1.29 is 9.47 Å². The molecule has 3 aromatic rings. The van der Waals surface area contributed by atoms with Gasteiger partial charge in [-0.25, -0.2) is 4.98 Å². The number of hydrogen-bond acceptors (Lipinski definition) is 6. The Hall–Kier alpha value is -2.86. The summed E-state index contributed by atoms with van der Waals surface area (Å²) in [7, 11) is 1.67. The monoisotopic (exact) mass is 365 g/mol. The van der Waals surface area contributed by atoms with E-state index in [1.54, 1.807) is 18.4 Å². The molecule has 1 aromatic heterocycles. The number of fused-ring (bicyclic) bond motifs is 2. The lowest BCUT2D eigenvalue weighted by Crippen LogP contribution is -2.19. The summed E-state index contributed by atoms with van der Waals surface area (Å²) in [5.41, 5.74) is 9.34. The Balaban J connectivity index is 1.65. The van der Waals surface area contributed by atoms with Crippen molar-refractivity contribution in [2.75, 3.05) is 13.7 Å². The molecule has 2 aromatic carbocycles. The number of benzene rings is 2. The van der Waals surface area contributed by atoms with E-state index in [9.17, 15) is 0 Å². The summed E-state index contributed by atoms with van der Waals surface area (Å²) < 4.78 is 12.4. The van der Waals surface area contributed by atoms with Crippen LogP contribution in [0.5, 0.6) is 11.5 Å². The first-order valence-corrected chi connectivity index (χ1v) is 9.16. The van der Waals surface area contributed by atoms with Crippen molar-refractivity contribution in [2.24, 2.45) is 5.73 Å². The molecule has 1 aliphatic rings. The molecule has 0 amide bonds. The molecule has 0 spiro atoms. The van der Waals surface area contributed by atoms with Crippen LogP contribution in [0.1, 0.15) is 22.1 Å². The number of aromatic nitrogens is 1. The van der Waals surface area contributed by atoms with Gasteiger partial charge in [-0.1, -0.05) is 6.07 Å². The Morgan fingerprint density at radius 2 is 2.23 bits per heavy atom. The number of rotatable bonds is 4. The second-order valence-corrected chi connectivity index (χ2v) is 7.25. The molecule has 132 valence electrons. The van der Waals surface area contributed by atoms with Crippen molar-refractivity contribution in [3.05, 3.63) is 58.7 Å². The fourth-order valence-corrected chi connectivity index (χ4v) is 4.27. The molecule has 1 unspecified atom stereocenters. The molecule has 6 heteroatoms. The van der Waals surface area contributed by atoms with Crippen molar-refractivity contribution in [1.29, 1.82) is 5.41 Å². The molecular weight excluding hydrogens is 346 g/mol. The normalized spacial score (nSPS) is 16.8. The molecule has 0 saturated heterocycles. The van der Waals surface area contributed by atoms with Gasteiger partial charge in [0.1, 0.15) is 16.5 Å². The van der Waals surface area contributed by atoms with E-state index in [0.717, 1.165) is 44.3 Å². The first-order valence-electron chi connectivity index (χ1n) is 8.34. The summed E-state index contributed by atoms with van der Waals surface area (Å²) in [6.07, 6.45) is 3.60. The maximum Gasteiger partial charge on any atom is 0.122 e. The number of nitrogens with one attached hydrogen (secondary N) is 1. The average Bonchev–Trinajstić information content (AvgIpc) is 3.11. The molecule has 26 heavy (non-hydrogen) atoms. The minimum Gasteiger partial charge on any atom is -0.497 e. The molecule has 1 atom stereocenters. The lowest BCUT2D eigenvalue weighted by atomic mass is 9.97. The van der Waals surface area contributed by atoms with Crippen LogP contribution in [-0.4, -0.2) is 24.9 Å². The van der Waals surface area contributed by atoms with Gasteiger partial charge in [0.25, 0.3) is 0 Å². The highest BCUT2D eigenvalue weighted by Gasteiger charge is 2.24. The summed E-state index contributed by atoms with van der Waals surface area (Å²) in [4.78, 5) is 4.80. The third kappa shape index (κ3) is 2.93. The van der Waals surface area contributed by atoms with E-state index in [4.69, 9.17) is 25.6 Å². The third-order valence-electron chi connectivity index (χ3n) is 4.60. The van der Waals surface area contributed by atoms with Crippen molar-refractivity contribution in [3.8, 4) is 11.5 Å². The molecule has 0 radical (unpaired) electrons. The van der Waals surface area contributed by atoms with E-state index >= 15 is 0 Å². The van der Waals surface area contributed by atoms with Crippen LogP contribution < -0.4 is 15.2 Å². The summed E-state index contributed by atoms with van der Waals surface area (Å²) in [5.74, 6) is 1.99. The van der Waals surface area contributed by atoms with Gasteiger partial charge in [-0.15, -0.1) is 11.3 Å². The van der Waals surface area contributed by atoms with Crippen LogP contribution >= 0.6 is 11.3 Å². The Morgan fingerprint density at radius 3 is 3.00 bits per heavy atom. The Kier molecular flexibility index (Phi) is 4.34. The standard InChI is InChI=1S/C20H19N3O2S/c1-24-16-3-5-18-13(7-16)6-14(11-25-18)20-23-17-4-2-12(8-19(17)26-20)15(9-21)10-22/h2-5,7-10,14,21H,6,11,22H2,1H3/b15-10+,21-9?. The molecule has 1 aliphatic heterocycles. The highest BCUT2D eigenvalue weighted by atomic mass is 32.1. The van der Waals surface area contributed by atoms with Gasteiger partial charge < -0.3 is 20.6 Å². The molecule has 0 saturated carbocycles. The molecule has 3 N–H and O–H groups in total. The van der Waals surface area contributed by atoms with Crippen LogP contribution in [0, 0.1) is 5.41 Å². The number of nitrogens with zero attached hydrogens (tertiary/aromatic N) is 1. The topological polar surface area (TPSA) is 81.2 Å². The number of ether oxygens (including phenoxy) is 2. The number of allylic oxidation sites excluding steroid dienone is 1. The molecule has 0 aliphatic carbocycles. The van der Waals surface area contributed by atoms with E-state index < -0.39 is 0 Å². The number of thiazole rings is 1. The predicted octanol–water partition coefficient (Wildman–Crippen LogP) is 3.97. The van der Waals surface area contributed by atoms with E-state index in [1.807, 2.05) is 36.4 Å². The van der Waals surface area contributed by atoms with E-state index in [1.165, 1.54) is 12.4 Å². The highest BCUT2D eigenvalue weighted by molar-refractivity contribution is 7.18. The summed E-state index contributed by atoms with van der Waals surface area (Å²) in [6, 6.07) is 11.9. The molecular formula is C20H19N3O2S. The first kappa shape index (κ1) is 16.6. The van der Waals surface area contributed by atoms with Crippen molar-refractivity contribution in [2.45, 2.75) is 12.3 Å². The Morgan fingerprint density at radius 1 is 1.35 bits per heavy atom. The maximum atomic E-state index is 7.46. The van der Waals surface area contributed by atoms with Gasteiger partial charge in [0.05, 0.1) is 23.9 Å². The number of hydrogen-bond donors (Lipinski definition) is 2. The van der Waals surface area contributed by atoms with E-state index in [-0.39, 0.29) is 5.92 Å². The Bertz CT molecular complexity index is 1010. The van der Waals surface area contributed by atoms with Crippen LogP contribution in [0.4, 0.5) is 0 Å². The minimum absolute atomic E-state index is 0.225. The van der Waals surface area contributed by atoms with Crippen LogP contribution in [0.2, 0.25) is 0 Å². The molecule has 0 fully saturated rings. The van der Waals surface area contributed by atoms with Gasteiger partial charge in [0.15, 0.2) is 0 Å². The smallest absolute Gasteiger partial charge is 0.122 e. The van der Waals surface area contributed by atoms with Gasteiger partial charge in [-0.05, 0) is 47.9 Å². The van der Waals surface area contributed by atoms with E-state index in [2.05, 4.69) is 0 Å². The van der Waals surface area contributed by atoms with Crippen molar-refractivity contribution in [3.63, 3.8) is 0 Å². The minimum atomic E-state index is 0.225. The third-order valence-corrected chi connectivity index (χ3v) is 5.78. The second-order valence-electron chi connectivity index (χ2n) is 6.19. The molecule has 2 heterocycles. The number of methoxy groups -OCH3 is 1. The lowest BCUT2D eigenvalue weighted by Gasteiger charge is -2.24. The van der Waals surface area contributed by atoms with Crippen LogP contribution in [0.25, 0.3) is 15.8 Å². The van der Waals surface area contributed by atoms with Gasteiger partial charge in [0.2, 0.25) is 0 Å². The lowest BCUT2D eigenvalue weighted by molar-refractivity contribution is 0.261. The SMILES string of the molecule is COc1ccc2c(c1)CC(c1nc3ccc(/C(C=N)=C/N)cc3s1)CO2. The maximum absolute atomic E-state index is 7.46. The largest absolute Gasteiger partial charge is 0.497 e. The van der Waals surface area contributed by atoms with Crippen molar-refractivity contribution in [1.82, 2.24) is 4.98 Å². The first-order chi connectivity index (χ1) is 12.7. The zero-order valence-corrected chi connectivity index (χ0v) is 15.2. The van der Waals surface area contributed by atoms with Crippen molar-refractivity contribution >= 4 is 33.3 Å². The fraction of sp³-hybridized carbons (Fsp3) is 0.200. The molecule has 5 nitrogen and oxygen atoms in total. The van der Waals surface area contributed by atoms with Gasteiger partial charge in [0, 0.05) is 23.9 Å². The fourth-order valence-electron chi connectivity index (χ4n) is 3.18. The summed E-state index contributed by atoms with van der Waals surface area (Å²) in [6.45, 7) is 0.625. The summed E-state index contributed by atoms with van der Waals surface area (Å²) >= 11 is 1.68. The predicted molar refractivity (Wildman–Crippen MR) is 106 cm³/mol. The quantitative estimate of drug-likeness (QED) is 0.686. The van der Waals surface area contributed by atoms with Crippen LogP contribution in [0.15, 0.2) is 42.6 Å². The van der Waals surface area contributed by atoms with Gasteiger partial charge >= 0.3 is 0 Å². The number of nitrogens with two attached hydrogens (primary N) is 1. The zero-order valence-electron chi connectivity index (χ0n) is 14.4. The van der Waals surface area contributed by atoms with Crippen LogP contribution in [0.3, 0.4) is 0 Å².